The van der Waals surface area contributed by atoms with E-state index in [-0.39, 0.29) is 0 Å². The molecule has 1 amide bonds. The molecule has 0 aliphatic carbocycles. The first-order valence-electron chi connectivity index (χ1n) is 6.45. The summed E-state index contributed by atoms with van der Waals surface area (Å²) in [7, 11) is 1.81. The summed E-state index contributed by atoms with van der Waals surface area (Å²) in [6.07, 6.45) is 1.09. The van der Waals surface area contributed by atoms with Gasteiger partial charge in [0, 0.05) is 31.1 Å². The average molecular weight is 272 g/mol. The van der Waals surface area contributed by atoms with Crippen molar-refractivity contribution in [2.24, 2.45) is 12.8 Å². The predicted molar refractivity (Wildman–Crippen MR) is 73.4 cm³/mol. The third kappa shape index (κ3) is 1.99. The molecule has 1 aliphatic rings. The Hall–Kier alpha value is -2.18. The molecule has 0 saturated carbocycles. The fourth-order valence-electron chi connectivity index (χ4n) is 2.55. The molecule has 0 unspecified atom stereocenters. The number of hydrogen-bond acceptors (Lipinski definition) is 4. The highest BCUT2D eigenvalue weighted by atomic mass is 16.5. The Kier molecular flexibility index (Phi) is 3.04. The van der Waals surface area contributed by atoms with Crippen LogP contribution in [0, 0.1) is 0 Å². The van der Waals surface area contributed by atoms with Crippen LogP contribution < -0.4 is 10.8 Å². The van der Waals surface area contributed by atoms with Crippen molar-refractivity contribution in [2.45, 2.75) is 18.9 Å². The van der Waals surface area contributed by atoms with E-state index in [0.717, 1.165) is 16.8 Å². The third-order valence-corrected chi connectivity index (χ3v) is 3.62. The molecular formula is C14H16N4O2. The topological polar surface area (TPSA) is 84.4 Å². The van der Waals surface area contributed by atoms with Gasteiger partial charge >= 0.3 is 0 Å². The van der Waals surface area contributed by atoms with E-state index < -0.39 is 11.9 Å². The number of hydroxylamine groups is 1. The summed E-state index contributed by atoms with van der Waals surface area (Å²) in [4.78, 5) is 11.7. The van der Waals surface area contributed by atoms with Crippen molar-refractivity contribution >= 4 is 11.7 Å². The zero-order chi connectivity index (χ0) is 14.3. The largest absolute Gasteiger partial charge is 0.320 e. The number of aryl methyl sites for hydroxylation is 1. The standard InChI is InChI=1S/C14H16N4O2/c1-17-12(7-9-5-3-2-4-6-9)10-8-11(15)14(19)18(20)13(10)16-17/h2-6,11,20H,7-8,15H2,1H3/t11-/m0/s1. The number of nitrogens with zero attached hydrogens (tertiary/aromatic N) is 3. The number of carbonyl (C=O) groups excluding carboxylic acids is 1. The number of nitrogens with two attached hydrogens (primary N) is 1. The monoisotopic (exact) mass is 272 g/mol. The van der Waals surface area contributed by atoms with Crippen molar-refractivity contribution in [3.63, 3.8) is 0 Å². The second-order valence-corrected chi connectivity index (χ2v) is 5.00. The number of benzene rings is 1. The maximum atomic E-state index is 11.7. The molecule has 3 N–H and O–H groups in total. The first kappa shape index (κ1) is 12.8. The molecule has 20 heavy (non-hydrogen) atoms. The maximum absolute atomic E-state index is 11.7. The van der Waals surface area contributed by atoms with Gasteiger partial charge < -0.3 is 5.73 Å². The van der Waals surface area contributed by atoms with Gasteiger partial charge in [0.15, 0.2) is 5.82 Å². The van der Waals surface area contributed by atoms with Crippen LogP contribution in [0.2, 0.25) is 0 Å². The number of rotatable bonds is 2. The normalized spacial score (nSPS) is 18.2. The minimum Gasteiger partial charge on any atom is -0.320 e. The molecule has 6 heteroatoms. The molecule has 1 aromatic carbocycles. The Balaban J connectivity index is 2.01. The van der Waals surface area contributed by atoms with Gasteiger partial charge in [-0.15, -0.1) is 0 Å². The highest BCUT2D eigenvalue weighted by Gasteiger charge is 2.34. The molecule has 0 radical (unpaired) electrons. The molecule has 2 aromatic rings. The molecule has 0 bridgehead atoms. The van der Waals surface area contributed by atoms with Gasteiger partial charge in [-0.05, 0) is 5.56 Å². The fourth-order valence-corrected chi connectivity index (χ4v) is 2.55. The van der Waals surface area contributed by atoms with Crippen LogP contribution in [-0.4, -0.2) is 26.9 Å². The van der Waals surface area contributed by atoms with Crippen LogP contribution >= 0.6 is 0 Å². The molecule has 1 aromatic heterocycles. The summed E-state index contributed by atoms with van der Waals surface area (Å²) in [6.45, 7) is 0. The van der Waals surface area contributed by atoms with E-state index in [2.05, 4.69) is 5.10 Å². The number of anilines is 1. The Bertz CT molecular complexity index is 651. The Morgan fingerprint density at radius 2 is 2.10 bits per heavy atom. The van der Waals surface area contributed by atoms with Crippen molar-refractivity contribution in [1.82, 2.24) is 9.78 Å². The summed E-state index contributed by atoms with van der Waals surface area (Å²) < 4.78 is 1.70. The van der Waals surface area contributed by atoms with Crippen LogP contribution in [0.4, 0.5) is 5.82 Å². The number of amides is 1. The Morgan fingerprint density at radius 1 is 1.40 bits per heavy atom. The molecule has 0 saturated heterocycles. The van der Waals surface area contributed by atoms with Crippen LogP contribution in [0.5, 0.6) is 0 Å². The van der Waals surface area contributed by atoms with Crippen LogP contribution in [0.25, 0.3) is 0 Å². The van der Waals surface area contributed by atoms with Crippen LogP contribution in [0.15, 0.2) is 30.3 Å². The first-order chi connectivity index (χ1) is 9.58. The fraction of sp³-hybridized carbons (Fsp3) is 0.286. The molecular weight excluding hydrogens is 256 g/mol. The number of aromatic nitrogens is 2. The lowest BCUT2D eigenvalue weighted by molar-refractivity contribution is -0.125. The van der Waals surface area contributed by atoms with Crippen LogP contribution in [0.3, 0.4) is 0 Å². The lowest BCUT2D eigenvalue weighted by Crippen LogP contribution is -2.47. The minimum atomic E-state index is -0.716. The SMILES string of the molecule is Cn1nc2c(c1Cc1ccccc1)C[C@H](N)C(=O)N2O. The molecule has 3 rings (SSSR count). The number of fused-ring (bicyclic) bond motifs is 1. The van der Waals surface area contributed by atoms with Crippen molar-refractivity contribution in [1.29, 1.82) is 0 Å². The van der Waals surface area contributed by atoms with Crippen molar-refractivity contribution in [3.05, 3.63) is 47.2 Å². The maximum Gasteiger partial charge on any atom is 0.269 e. The summed E-state index contributed by atoms with van der Waals surface area (Å²) in [6, 6.07) is 9.27. The van der Waals surface area contributed by atoms with Crippen molar-refractivity contribution in [2.75, 3.05) is 5.06 Å². The average Bonchev–Trinajstić information content (AvgIpc) is 2.75. The van der Waals surface area contributed by atoms with Gasteiger partial charge in [-0.25, -0.2) is 0 Å². The summed E-state index contributed by atoms with van der Waals surface area (Å²) >= 11 is 0. The lowest BCUT2D eigenvalue weighted by Gasteiger charge is -2.24. The van der Waals surface area contributed by atoms with E-state index in [0.29, 0.717) is 23.7 Å². The number of hydrogen-bond donors (Lipinski definition) is 2. The molecule has 6 nitrogen and oxygen atoms in total. The summed E-state index contributed by atoms with van der Waals surface area (Å²) in [5.41, 5.74) is 8.72. The molecule has 1 aliphatic heterocycles. The zero-order valence-electron chi connectivity index (χ0n) is 11.2. The minimum absolute atomic E-state index is 0.296. The van der Waals surface area contributed by atoms with E-state index in [4.69, 9.17) is 5.73 Å². The summed E-state index contributed by atoms with van der Waals surface area (Å²) in [5, 5.41) is 14.6. The first-order valence-corrected chi connectivity index (χ1v) is 6.45. The van der Waals surface area contributed by atoms with Gasteiger partial charge in [0.25, 0.3) is 5.91 Å². The van der Waals surface area contributed by atoms with Gasteiger partial charge in [0.05, 0.1) is 6.04 Å². The molecule has 0 fully saturated rings. The Labute approximate surface area is 116 Å². The predicted octanol–water partition coefficient (Wildman–Crippen LogP) is 0.617. The van der Waals surface area contributed by atoms with Gasteiger partial charge in [-0.3, -0.25) is 14.7 Å². The second-order valence-electron chi connectivity index (χ2n) is 5.00. The lowest BCUT2D eigenvalue weighted by atomic mass is 9.98. The third-order valence-electron chi connectivity index (χ3n) is 3.62. The van der Waals surface area contributed by atoms with E-state index in [9.17, 15) is 10.0 Å². The smallest absolute Gasteiger partial charge is 0.269 e. The molecule has 104 valence electrons. The van der Waals surface area contributed by atoms with E-state index in [1.165, 1.54) is 0 Å². The van der Waals surface area contributed by atoms with E-state index >= 15 is 0 Å². The zero-order valence-corrected chi connectivity index (χ0v) is 11.2. The summed E-state index contributed by atoms with van der Waals surface area (Å²) in [5.74, 6) is -0.216. The highest BCUT2D eigenvalue weighted by Crippen LogP contribution is 2.29. The highest BCUT2D eigenvalue weighted by molar-refractivity contribution is 5.97. The van der Waals surface area contributed by atoms with E-state index in [1.807, 2.05) is 30.3 Å². The molecule has 2 heterocycles. The van der Waals surface area contributed by atoms with Crippen LogP contribution in [-0.2, 0) is 24.7 Å². The quantitative estimate of drug-likeness (QED) is 0.785. The number of carbonyl (C=O) groups is 1. The Morgan fingerprint density at radius 3 is 2.80 bits per heavy atom. The van der Waals surface area contributed by atoms with Gasteiger partial charge in [0.2, 0.25) is 0 Å². The van der Waals surface area contributed by atoms with Crippen molar-refractivity contribution in [3.8, 4) is 0 Å². The van der Waals surface area contributed by atoms with Gasteiger partial charge in [-0.1, -0.05) is 30.3 Å². The van der Waals surface area contributed by atoms with Crippen LogP contribution in [0.1, 0.15) is 16.8 Å². The second kappa shape index (κ2) is 4.73. The molecule has 0 spiro atoms. The van der Waals surface area contributed by atoms with Gasteiger partial charge in [-0.2, -0.15) is 10.2 Å². The molecule has 1 atom stereocenters. The van der Waals surface area contributed by atoms with E-state index in [1.54, 1.807) is 11.7 Å². The van der Waals surface area contributed by atoms with Gasteiger partial charge in [0.1, 0.15) is 0 Å². The van der Waals surface area contributed by atoms with Crippen molar-refractivity contribution < 1.29 is 10.0 Å².